The fraction of sp³-hybridized carbons (Fsp3) is 0.632. The first kappa shape index (κ1) is 16.1. The van der Waals surface area contributed by atoms with Gasteiger partial charge in [-0.1, -0.05) is 75.8 Å². The number of benzene rings is 1. The second kappa shape index (κ2) is 7.63. The summed E-state index contributed by atoms with van der Waals surface area (Å²) in [7, 11) is 0. The van der Waals surface area contributed by atoms with Crippen molar-refractivity contribution >= 4 is 5.91 Å². The SMILES string of the molecule is CCCCCCC(C([NH])=O)(c1ccccc1)C1CCCC1. The molecule has 0 bridgehead atoms. The van der Waals surface area contributed by atoms with Gasteiger partial charge in [0.25, 0.3) is 0 Å². The fourth-order valence-electron chi connectivity index (χ4n) is 4.00. The lowest BCUT2D eigenvalue weighted by molar-refractivity contribution is -0.126. The van der Waals surface area contributed by atoms with Crippen LogP contribution in [0.3, 0.4) is 0 Å². The van der Waals surface area contributed by atoms with Crippen LogP contribution in [0.5, 0.6) is 0 Å². The van der Waals surface area contributed by atoms with Crippen molar-refractivity contribution in [2.45, 2.75) is 70.1 Å². The predicted octanol–water partition coefficient (Wildman–Crippen LogP) is 4.89. The number of carbonyl (C=O) groups excluding carboxylic acids is 1. The maximum atomic E-state index is 12.4. The van der Waals surface area contributed by atoms with Crippen LogP contribution in [-0.2, 0) is 10.2 Å². The van der Waals surface area contributed by atoms with Gasteiger partial charge in [0.1, 0.15) is 0 Å². The van der Waals surface area contributed by atoms with Crippen molar-refractivity contribution in [1.29, 1.82) is 0 Å². The van der Waals surface area contributed by atoms with Crippen LogP contribution in [0.25, 0.3) is 0 Å². The van der Waals surface area contributed by atoms with Crippen molar-refractivity contribution in [3.8, 4) is 0 Å². The fourth-order valence-corrected chi connectivity index (χ4v) is 4.00. The number of nitrogens with one attached hydrogen (secondary N) is 1. The Labute approximate surface area is 129 Å². The van der Waals surface area contributed by atoms with E-state index in [2.05, 4.69) is 19.1 Å². The molecule has 1 N–H and O–H groups in total. The van der Waals surface area contributed by atoms with Gasteiger partial charge < -0.3 is 0 Å². The molecule has 2 heteroatoms. The number of amides is 1. The third-order valence-electron chi connectivity index (χ3n) is 5.17. The van der Waals surface area contributed by atoms with Crippen LogP contribution in [0.4, 0.5) is 0 Å². The lowest BCUT2D eigenvalue weighted by atomic mass is 9.66. The van der Waals surface area contributed by atoms with Crippen molar-refractivity contribution in [1.82, 2.24) is 5.73 Å². The third kappa shape index (κ3) is 3.48. The van der Waals surface area contributed by atoms with Gasteiger partial charge in [-0.25, -0.2) is 0 Å². The normalized spacial score (nSPS) is 18.5. The summed E-state index contributed by atoms with van der Waals surface area (Å²) in [5.74, 6) is 0.00336. The van der Waals surface area contributed by atoms with Crippen LogP contribution < -0.4 is 5.73 Å². The van der Waals surface area contributed by atoms with Crippen LogP contribution in [0, 0.1) is 5.92 Å². The molecule has 115 valence electrons. The Morgan fingerprint density at radius 1 is 1.14 bits per heavy atom. The molecular weight excluding hydrogens is 258 g/mol. The van der Waals surface area contributed by atoms with Gasteiger partial charge in [-0.05, 0) is 30.7 Å². The van der Waals surface area contributed by atoms with Crippen molar-refractivity contribution in [3.63, 3.8) is 0 Å². The third-order valence-corrected chi connectivity index (χ3v) is 5.17. The molecule has 1 aromatic carbocycles. The van der Waals surface area contributed by atoms with E-state index in [1.54, 1.807) is 0 Å². The predicted molar refractivity (Wildman–Crippen MR) is 86.9 cm³/mol. The lowest BCUT2D eigenvalue weighted by Crippen LogP contribution is -2.43. The zero-order chi connectivity index (χ0) is 15.1. The molecule has 1 fully saturated rings. The summed E-state index contributed by atoms with van der Waals surface area (Å²) in [4.78, 5) is 12.4. The van der Waals surface area contributed by atoms with Crippen molar-refractivity contribution in [3.05, 3.63) is 35.9 Å². The molecule has 1 amide bonds. The first-order chi connectivity index (χ1) is 10.2. The van der Waals surface area contributed by atoms with E-state index in [1.165, 1.54) is 32.1 Å². The highest BCUT2D eigenvalue weighted by Crippen LogP contribution is 2.45. The van der Waals surface area contributed by atoms with Crippen LogP contribution in [0.2, 0.25) is 0 Å². The van der Waals surface area contributed by atoms with Crippen LogP contribution in [0.15, 0.2) is 30.3 Å². The molecule has 1 aliphatic rings. The Balaban J connectivity index is 2.27. The second-order valence-corrected chi connectivity index (χ2v) is 6.46. The number of unbranched alkanes of at least 4 members (excludes halogenated alkanes) is 3. The van der Waals surface area contributed by atoms with E-state index >= 15 is 0 Å². The molecule has 1 saturated carbocycles. The van der Waals surface area contributed by atoms with E-state index in [9.17, 15) is 4.79 Å². The molecule has 0 saturated heterocycles. The van der Waals surface area contributed by atoms with Crippen LogP contribution in [0.1, 0.15) is 70.3 Å². The quantitative estimate of drug-likeness (QED) is 0.627. The summed E-state index contributed by atoms with van der Waals surface area (Å²) in [6.45, 7) is 2.21. The number of rotatable bonds is 8. The Morgan fingerprint density at radius 3 is 2.38 bits per heavy atom. The van der Waals surface area contributed by atoms with Gasteiger partial charge in [0.05, 0.1) is 5.41 Å². The minimum atomic E-state index is -0.550. The molecule has 0 aromatic heterocycles. The van der Waals surface area contributed by atoms with Crippen LogP contribution >= 0.6 is 0 Å². The molecule has 1 radical (unpaired) electrons. The molecule has 0 heterocycles. The average Bonchev–Trinajstić information content (AvgIpc) is 3.03. The lowest BCUT2D eigenvalue weighted by Gasteiger charge is -2.36. The van der Waals surface area contributed by atoms with E-state index in [0.717, 1.165) is 31.2 Å². The maximum Gasteiger partial charge on any atom is 0.249 e. The maximum absolute atomic E-state index is 12.4. The van der Waals surface area contributed by atoms with E-state index in [-0.39, 0.29) is 5.91 Å². The van der Waals surface area contributed by atoms with E-state index < -0.39 is 5.41 Å². The molecule has 2 nitrogen and oxygen atoms in total. The molecule has 1 aliphatic carbocycles. The Kier molecular flexibility index (Phi) is 5.84. The minimum absolute atomic E-state index is 0.364. The van der Waals surface area contributed by atoms with E-state index in [4.69, 9.17) is 5.73 Å². The van der Waals surface area contributed by atoms with Gasteiger partial charge in [0.2, 0.25) is 5.91 Å². The van der Waals surface area contributed by atoms with E-state index in [1.807, 2.05) is 18.2 Å². The molecule has 1 atom stereocenters. The molecular formula is C19H28NO. The highest BCUT2D eigenvalue weighted by molar-refractivity contribution is 5.86. The zero-order valence-corrected chi connectivity index (χ0v) is 13.2. The first-order valence-electron chi connectivity index (χ1n) is 8.53. The first-order valence-corrected chi connectivity index (χ1v) is 8.53. The van der Waals surface area contributed by atoms with Gasteiger partial charge in [-0.2, -0.15) is 0 Å². The number of hydrogen-bond donors (Lipinski definition) is 0. The monoisotopic (exact) mass is 286 g/mol. The van der Waals surface area contributed by atoms with Crippen molar-refractivity contribution in [2.24, 2.45) is 5.92 Å². The molecule has 1 aromatic rings. The molecule has 21 heavy (non-hydrogen) atoms. The highest BCUT2D eigenvalue weighted by atomic mass is 16.1. The van der Waals surface area contributed by atoms with Crippen LogP contribution in [-0.4, -0.2) is 5.91 Å². The minimum Gasteiger partial charge on any atom is -0.272 e. The van der Waals surface area contributed by atoms with Gasteiger partial charge in [-0.3, -0.25) is 10.5 Å². The van der Waals surface area contributed by atoms with Crippen molar-refractivity contribution in [2.75, 3.05) is 0 Å². The van der Waals surface area contributed by atoms with Crippen molar-refractivity contribution < 1.29 is 4.79 Å². The summed E-state index contributed by atoms with van der Waals surface area (Å²) < 4.78 is 0. The number of carbonyl (C=O) groups is 1. The summed E-state index contributed by atoms with van der Waals surface area (Å²) in [5, 5.41) is 0. The zero-order valence-electron chi connectivity index (χ0n) is 13.2. The molecule has 0 aliphatic heterocycles. The highest BCUT2D eigenvalue weighted by Gasteiger charge is 2.46. The van der Waals surface area contributed by atoms with Gasteiger partial charge in [-0.15, -0.1) is 0 Å². The van der Waals surface area contributed by atoms with Gasteiger partial charge >= 0.3 is 0 Å². The summed E-state index contributed by atoms with van der Waals surface area (Å²) in [6.07, 6.45) is 10.1. The van der Waals surface area contributed by atoms with Gasteiger partial charge in [0, 0.05) is 0 Å². The molecule has 1 unspecified atom stereocenters. The van der Waals surface area contributed by atoms with E-state index in [0.29, 0.717) is 5.92 Å². The average molecular weight is 286 g/mol. The summed E-state index contributed by atoms with van der Waals surface area (Å²) in [6, 6.07) is 10.1. The smallest absolute Gasteiger partial charge is 0.249 e. The standard InChI is InChI=1S/C19H28NO/c1-2-3-4-10-15-19(18(20)21,17-13-8-9-14-17)16-11-6-5-7-12-16/h5-7,11-12,17,20H,2-4,8-10,13-15H2,1H3. The Bertz CT molecular complexity index is 436. The van der Waals surface area contributed by atoms with Gasteiger partial charge in [0.15, 0.2) is 0 Å². The topological polar surface area (TPSA) is 40.9 Å². The summed E-state index contributed by atoms with van der Waals surface area (Å²) in [5.41, 5.74) is 8.55. The Morgan fingerprint density at radius 2 is 1.81 bits per heavy atom. The molecule has 2 rings (SSSR count). The summed E-state index contributed by atoms with van der Waals surface area (Å²) >= 11 is 0. The largest absolute Gasteiger partial charge is 0.272 e. The number of hydrogen-bond acceptors (Lipinski definition) is 1. The molecule has 0 spiro atoms. The Hall–Kier alpha value is -1.31. The second-order valence-electron chi connectivity index (χ2n) is 6.46.